The molecule has 0 spiro atoms. The van der Waals surface area contributed by atoms with Crippen molar-refractivity contribution >= 4 is 55.7 Å². The highest BCUT2D eigenvalue weighted by Crippen LogP contribution is 2.44. The van der Waals surface area contributed by atoms with Crippen molar-refractivity contribution in [3.63, 3.8) is 0 Å². The predicted molar refractivity (Wildman–Crippen MR) is 103 cm³/mol. The summed E-state index contributed by atoms with van der Waals surface area (Å²) in [6, 6.07) is 5.24. The molecule has 3 aromatic rings. The third-order valence-corrected chi connectivity index (χ3v) is 6.42. The van der Waals surface area contributed by atoms with Gasteiger partial charge in [0.1, 0.15) is 22.6 Å². The summed E-state index contributed by atoms with van der Waals surface area (Å²) < 4.78 is 20.6. The minimum absolute atomic E-state index is 0.164. The van der Waals surface area contributed by atoms with Crippen LogP contribution < -0.4 is 11.1 Å². The zero-order chi connectivity index (χ0) is 17.6. The van der Waals surface area contributed by atoms with E-state index in [1.807, 2.05) is 11.4 Å². The summed E-state index contributed by atoms with van der Waals surface area (Å²) in [5.41, 5.74) is 8.02. The molecule has 0 bridgehead atoms. The van der Waals surface area contributed by atoms with Gasteiger partial charge in [0.25, 0.3) is 0 Å². The van der Waals surface area contributed by atoms with Gasteiger partial charge in [0, 0.05) is 29.4 Å². The van der Waals surface area contributed by atoms with Crippen LogP contribution in [0, 0.1) is 0 Å². The van der Waals surface area contributed by atoms with E-state index in [1.54, 1.807) is 17.4 Å². The fourth-order valence-electron chi connectivity index (χ4n) is 3.27. The molecule has 1 aliphatic rings. The predicted octanol–water partition coefficient (Wildman–Crippen LogP) is 5.46. The maximum absolute atomic E-state index is 13.8. The normalized spacial score (nSPS) is 23.4. The number of furan rings is 1. The van der Waals surface area contributed by atoms with E-state index >= 15 is 0 Å². The van der Waals surface area contributed by atoms with Crippen LogP contribution in [0.2, 0.25) is 5.15 Å². The van der Waals surface area contributed by atoms with Gasteiger partial charge in [-0.25, -0.2) is 9.37 Å². The number of fused-ring (bicyclic) bond motifs is 1. The first-order valence-electron chi connectivity index (χ1n) is 7.99. The maximum Gasteiger partial charge on any atom is 0.177 e. The second kappa shape index (κ2) is 6.87. The third-order valence-electron chi connectivity index (χ3n) is 4.58. The Morgan fingerprint density at radius 1 is 1.48 bits per heavy atom. The molecule has 0 saturated heterocycles. The average molecular weight is 445 g/mol. The molecule has 4 nitrogen and oxygen atoms in total. The van der Waals surface area contributed by atoms with Crippen molar-refractivity contribution in [1.82, 2.24) is 4.98 Å². The van der Waals surface area contributed by atoms with Gasteiger partial charge in [0.15, 0.2) is 5.58 Å². The number of anilines is 1. The lowest BCUT2D eigenvalue weighted by atomic mass is 10.0. The monoisotopic (exact) mass is 443 g/mol. The molecule has 1 fully saturated rings. The molecule has 3 N–H and O–H groups in total. The number of nitrogens with one attached hydrogen (secondary N) is 1. The summed E-state index contributed by atoms with van der Waals surface area (Å²) in [5, 5.41) is 5.75. The van der Waals surface area contributed by atoms with E-state index in [9.17, 15) is 4.39 Å². The molecule has 132 valence electrons. The molecule has 0 aliphatic heterocycles. The Bertz CT molecular complexity index is 901. The van der Waals surface area contributed by atoms with Crippen LogP contribution in [0.15, 0.2) is 32.5 Å². The molecule has 0 radical (unpaired) electrons. The van der Waals surface area contributed by atoms with Gasteiger partial charge >= 0.3 is 0 Å². The number of alkyl halides is 1. The summed E-state index contributed by atoms with van der Waals surface area (Å²) in [7, 11) is 0. The molecule has 3 atom stereocenters. The highest BCUT2D eigenvalue weighted by Gasteiger charge is 2.38. The van der Waals surface area contributed by atoms with E-state index in [1.165, 1.54) is 4.88 Å². The molecule has 0 unspecified atom stereocenters. The number of aromatic nitrogens is 1. The molecular weight excluding hydrogens is 429 g/mol. The second-order valence-corrected chi connectivity index (χ2v) is 8.37. The van der Waals surface area contributed by atoms with Crippen molar-refractivity contribution in [2.24, 2.45) is 5.73 Å². The van der Waals surface area contributed by atoms with Crippen LogP contribution in [0.5, 0.6) is 0 Å². The molecule has 3 aromatic heterocycles. The Labute approximate surface area is 161 Å². The highest BCUT2D eigenvalue weighted by atomic mass is 79.9. The van der Waals surface area contributed by atoms with Gasteiger partial charge in [-0.2, -0.15) is 0 Å². The standard InChI is InChI=1S/C17H16BrClFN3OS/c18-13-15-17(24-16(13)9-3-4-10(20)14(9)21)11(6-12(19)23-15)22-7-8-2-1-5-25-8/h1-2,5-6,9-10,14H,3-4,7,21H2,(H,22,23)/t9-,10+,14+/m0/s1. The van der Waals surface area contributed by atoms with Crippen LogP contribution in [0.1, 0.15) is 29.4 Å². The van der Waals surface area contributed by atoms with E-state index in [2.05, 4.69) is 32.3 Å². The number of halogens is 3. The molecule has 4 rings (SSSR count). The van der Waals surface area contributed by atoms with Gasteiger partial charge in [-0.05, 0) is 40.2 Å². The quantitative estimate of drug-likeness (QED) is 0.524. The fourth-order valence-corrected chi connectivity index (χ4v) is 4.75. The molecule has 0 amide bonds. The van der Waals surface area contributed by atoms with Crippen molar-refractivity contribution in [2.45, 2.75) is 37.5 Å². The van der Waals surface area contributed by atoms with Crippen molar-refractivity contribution in [3.05, 3.63) is 43.8 Å². The van der Waals surface area contributed by atoms with Gasteiger partial charge in [0.05, 0.1) is 10.2 Å². The van der Waals surface area contributed by atoms with Crippen LogP contribution >= 0.6 is 38.9 Å². The lowest BCUT2D eigenvalue weighted by molar-refractivity contribution is 0.300. The second-order valence-electron chi connectivity index (χ2n) is 6.16. The number of pyridine rings is 1. The molecule has 0 aromatic carbocycles. The zero-order valence-electron chi connectivity index (χ0n) is 13.1. The number of hydrogen-bond acceptors (Lipinski definition) is 5. The van der Waals surface area contributed by atoms with Gasteiger partial charge < -0.3 is 15.5 Å². The Kier molecular flexibility index (Phi) is 4.75. The minimum Gasteiger partial charge on any atom is -0.456 e. The summed E-state index contributed by atoms with van der Waals surface area (Å²) in [4.78, 5) is 5.57. The van der Waals surface area contributed by atoms with Crippen LogP contribution in [0.25, 0.3) is 11.1 Å². The molecule has 8 heteroatoms. The zero-order valence-corrected chi connectivity index (χ0v) is 16.3. The van der Waals surface area contributed by atoms with Crippen molar-refractivity contribution in [1.29, 1.82) is 0 Å². The average Bonchev–Trinajstić information content (AvgIpc) is 3.29. The maximum atomic E-state index is 13.8. The summed E-state index contributed by atoms with van der Waals surface area (Å²) in [5.74, 6) is 0.485. The third kappa shape index (κ3) is 3.18. The van der Waals surface area contributed by atoms with Crippen LogP contribution in [0.4, 0.5) is 10.1 Å². The first kappa shape index (κ1) is 17.3. The Morgan fingerprint density at radius 2 is 2.32 bits per heavy atom. The van der Waals surface area contributed by atoms with E-state index in [0.717, 1.165) is 5.69 Å². The van der Waals surface area contributed by atoms with Crippen LogP contribution in [-0.2, 0) is 6.54 Å². The van der Waals surface area contributed by atoms with Crippen molar-refractivity contribution in [2.75, 3.05) is 5.32 Å². The fraction of sp³-hybridized carbons (Fsp3) is 0.353. The molecular formula is C17H16BrClFN3OS. The molecule has 1 saturated carbocycles. The molecule has 25 heavy (non-hydrogen) atoms. The van der Waals surface area contributed by atoms with Crippen LogP contribution in [0.3, 0.4) is 0 Å². The minimum atomic E-state index is -1.00. The Balaban J connectivity index is 1.73. The highest BCUT2D eigenvalue weighted by molar-refractivity contribution is 9.10. The first-order chi connectivity index (χ1) is 12.0. The van der Waals surface area contributed by atoms with Gasteiger partial charge in [-0.15, -0.1) is 11.3 Å². The number of nitrogens with two attached hydrogens (primary N) is 1. The largest absolute Gasteiger partial charge is 0.456 e. The molecule has 3 heterocycles. The summed E-state index contributed by atoms with van der Waals surface area (Å²) >= 11 is 11.4. The summed E-state index contributed by atoms with van der Waals surface area (Å²) in [6.45, 7) is 0.663. The van der Waals surface area contributed by atoms with E-state index in [4.69, 9.17) is 21.8 Å². The topological polar surface area (TPSA) is 64.1 Å². The van der Waals surface area contributed by atoms with Gasteiger partial charge in [-0.1, -0.05) is 17.7 Å². The Morgan fingerprint density at radius 3 is 3.00 bits per heavy atom. The van der Waals surface area contributed by atoms with Crippen molar-refractivity contribution < 1.29 is 8.81 Å². The van der Waals surface area contributed by atoms with E-state index < -0.39 is 12.2 Å². The van der Waals surface area contributed by atoms with Crippen LogP contribution in [-0.4, -0.2) is 17.2 Å². The number of nitrogens with zero attached hydrogens (tertiary/aromatic N) is 1. The smallest absolute Gasteiger partial charge is 0.177 e. The lowest BCUT2D eigenvalue weighted by Crippen LogP contribution is -2.31. The lowest BCUT2D eigenvalue weighted by Gasteiger charge is -2.14. The number of thiophene rings is 1. The van der Waals surface area contributed by atoms with E-state index in [0.29, 0.717) is 45.9 Å². The molecule has 1 aliphatic carbocycles. The van der Waals surface area contributed by atoms with Crippen molar-refractivity contribution in [3.8, 4) is 0 Å². The number of hydrogen-bond donors (Lipinski definition) is 2. The summed E-state index contributed by atoms with van der Waals surface area (Å²) in [6.07, 6.45) is 0.109. The first-order valence-corrected chi connectivity index (χ1v) is 10.0. The Hall–Kier alpha value is -1.15. The number of rotatable bonds is 4. The SMILES string of the molecule is N[C@H]1[C@H](F)CC[C@@H]1c1oc2c(NCc3cccs3)cc(Cl)nc2c1Br. The van der Waals surface area contributed by atoms with Gasteiger partial charge in [-0.3, -0.25) is 0 Å². The van der Waals surface area contributed by atoms with Gasteiger partial charge in [0.2, 0.25) is 0 Å². The van der Waals surface area contributed by atoms with E-state index in [-0.39, 0.29) is 5.92 Å².